The fourth-order valence-corrected chi connectivity index (χ4v) is 2.93. The Morgan fingerprint density at radius 2 is 1.44 bits per heavy atom. The topological polar surface area (TPSA) is 55.4 Å². The minimum Gasteiger partial charge on any atom is -0.382 e. The molecule has 0 aromatic carbocycles. The fourth-order valence-electron chi connectivity index (χ4n) is 2.93. The number of ether oxygens (including phenoxy) is 6. The number of hydrogen-bond donors (Lipinski definition) is 0. The highest BCUT2D eigenvalue weighted by Gasteiger charge is 2.49. The molecule has 1 saturated heterocycles. The zero-order chi connectivity index (χ0) is 19.0. The molecule has 1 aliphatic rings. The van der Waals surface area contributed by atoms with Gasteiger partial charge in [-0.2, -0.15) is 0 Å². The maximum absolute atomic E-state index is 6.18. The van der Waals surface area contributed by atoms with Gasteiger partial charge in [0.2, 0.25) is 0 Å². The molecule has 0 saturated carbocycles. The first kappa shape index (κ1) is 22.8. The summed E-state index contributed by atoms with van der Waals surface area (Å²) >= 11 is 0. The largest absolute Gasteiger partial charge is 0.382 e. The minimum absolute atomic E-state index is 0.0403. The van der Waals surface area contributed by atoms with Gasteiger partial charge in [0.1, 0.15) is 24.4 Å². The van der Waals surface area contributed by atoms with Gasteiger partial charge in [0.05, 0.1) is 25.4 Å². The standard InChI is InChI=1S/C19H38O6/c1-12(2)9-10-22-19-18(21-8)17(24-14(5)6)16(23-13(3)4)15(25-19)11-20-7/h12-19H,9-11H2,1-8H3/t15-,16?,17+,18?,19-/m1/s1. The molecule has 2 unspecified atom stereocenters. The number of methoxy groups -OCH3 is 2. The molecule has 1 fully saturated rings. The van der Waals surface area contributed by atoms with E-state index in [4.69, 9.17) is 28.4 Å². The lowest BCUT2D eigenvalue weighted by molar-refractivity contribution is -0.326. The van der Waals surface area contributed by atoms with Crippen LogP contribution in [0.25, 0.3) is 0 Å². The highest BCUT2D eigenvalue weighted by Crippen LogP contribution is 2.30. The van der Waals surface area contributed by atoms with Crippen LogP contribution in [-0.2, 0) is 28.4 Å². The molecule has 0 bridgehead atoms. The normalized spacial score (nSPS) is 30.6. The first-order chi connectivity index (χ1) is 11.8. The Balaban J connectivity index is 2.97. The smallest absolute Gasteiger partial charge is 0.186 e. The summed E-state index contributed by atoms with van der Waals surface area (Å²) in [6, 6.07) is 0. The average Bonchev–Trinajstić information content (AvgIpc) is 2.50. The predicted octanol–water partition coefficient (Wildman–Crippen LogP) is 3.02. The Labute approximate surface area is 153 Å². The molecule has 0 aromatic rings. The third kappa shape index (κ3) is 7.49. The van der Waals surface area contributed by atoms with E-state index in [-0.39, 0.29) is 36.6 Å². The molecule has 0 radical (unpaired) electrons. The van der Waals surface area contributed by atoms with Crippen molar-refractivity contribution >= 4 is 0 Å². The number of hydrogen-bond acceptors (Lipinski definition) is 6. The molecule has 25 heavy (non-hydrogen) atoms. The van der Waals surface area contributed by atoms with Crippen molar-refractivity contribution in [3.8, 4) is 0 Å². The van der Waals surface area contributed by atoms with Crippen LogP contribution in [-0.4, -0.2) is 70.3 Å². The zero-order valence-corrected chi connectivity index (χ0v) is 17.2. The molecule has 5 atom stereocenters. The lowest BCUT2D eigenvalue weighted by atomic mass is 9.97. The van der Waals surface area contributed by atoms with Crippen molar-refractivity contribution in [3.05, 3.63) is 0 Å². The van der Waals surface area contributed by atoms with E-state index in [2.05, 4.69) is 13.8 Å². The van der Waals surface area contributed by atoms with E-state index in [9.17, 15) is 0 Å². The van der Waals surface area contributed by atoms with E-state index >= 15 is 0 Å². The van der Waals surface area contributed by atoms with Gasteiger partial charge in [-0.05, 0) is 40.0 Å². The van der Waals surface area contributed by atoms with E-state index in [0.717, 1.165) is 6.42 Å². The summed E-state index contributed by atoms with van der Waals surface area (Å²) in [6.45, 7) is 13.4. The van der Waals surface area contributed by atoms with Gasteiger partial charge in [-0.15, -0.1) is 0 Å². The maximum atomic E-state index is 6.18. The molecule has 0 N–H and O–H groups in total. The van der Waals surface area contributed by atoms with Crippen molar-refractivity contribution in [2.45, 2.75) is 90.9 Å². The van der Waals surface area contributed by atoms with Crippen LogP contribution in [0.2, 0.25) is 0 Å². The maximum Gasteiger partial charge on any atom is 0.186 e. The molecule has 6 heteroatoms. The molecule has 1 aliphatic heterocycles. The van der Waals surface area contributed by atoms with E-state index in [1.807, 2.05) is 27.7 Å². The van der Waals surface area contributed by atoms with Crippen LogP contribution in [0.3, 0.4) is 0 Å². The van der Waals surface area contributed by atoms with Gasteiger partial charge < -0.3 is 28.4 Å². The quantitative estimate of drug-likeness (QED) is 0.563. The molecule has 150 valence electrons. The van der Waals surface area contributed by atoms with Crippen molar-refractivity contribution < 1.29 is 28.4 Å². The minimum atomic E-state index is -0.500. The highest BCUT2D eigenvalue weighted by molar-refractivity contribution is 4.93. The van der Waals surface area contributed by atoms with Crippen LogP contribution < -0.4 is 0 Å². The van der Waals surface area contributed by atoms with Crippen LogP contribution in [0.1, 0.15) is 48.0 Å². The molecule has 6 nitrogen and oxygen atoms in total. The highest BCUT2D eigenvalue weighted by atomic mass is 16.7. The van der Waals surface area contributed by atoms with E-state index in [1.165, 1.54) is 0 Å². The Kier molecular flexibility index (Phi) is 10.5. The molecular formula is C19H38O6. The summed E-state index contributed by atoms with van der Waals surface area (Å²) in [4.78, 5) is 0. The van der Waals surface area contributed by atoms with Gasteiger partial charge >= 0.3 is 0 Å². The third-order valence-electron chi connectivity index (χ3n) is 4.03. The lowest BCUT2D eigenvalue weighted by Gasteiger charge is -2.46. The van der Waals surface area contributed by atoms with Crippen molar-refractivity contribution in [1.29, 1.82) is 0 Å². The van der Waals surface area contributed by atoms with Gasteiger partial charge in [-0.3, -0.25) is 0 Å². The van der Waals surface area contributed by atoms with Gasteiger partial charge in [-0.25, -0.2) is 0 Å². The molecule has 0 spiro atoms. The third-order valence-corrected chi connectivity index (χ3v) is 4.03. The van der Waals surface area contributed by atoms with Crippen LogP contribution in [0.4, 0.5) is 0 Å². The van der Waals surface area contributed by atoms with E-state index in [0.29, 0.717) is 19.1 Å². The second kappa shape index (κ2) is 11.5. The van der Waals surface area contributed by atoms with Crippen LogP contribution in [0.15, 0.2) is 0 Å². The molecule has 0 aromatic heterocycles. The summed E-state index contributed by atoms with van der Waals surface area (Å²) in [5.74, 6) is 0.569. The fraction of sp³-hybridized carbons (Fsp3) is 1.00. The first-order valence-electron chi connectivity index (χ1n) is 9.39. The van der Waals surface area contributed by atoms with Crippen molar-refractivity contribution in [2.24, 2.45) is 5.92 Å². The zero-order valence-electron chi connectivity index (χ0n) is 17.2. The Bertz CT molecular complexity index is 347. The SMILES string of the molecule is COC[C@H]1O[C@@H](OCCC(C)C)C(OC)[C@@H](OC(C)C)C1OC(C)C. The van der Waals surface area contributed by atoms with Crippen LogP contribution in [0.5, 0.6) is 0 Å². The predicted molar refractivity (Wildman–Crippen MR) is 96.8 cm³/mol. The Morgan fingerprint density at radius 3 is 1.92 bits per heavy atom. The lowest BCUT2D eigenvalue weighted by Crippen LogP contribution is -2.62. The second-order valence-corrected chi connectivity index (χ2v) is 7.55. The van der Waals surface area contributed by atoms with Crippen LogP contribution >= 0.6 is 0 Å². The molecule has 1 heterocycles. The second-order valence-electron chi connectivity index (χ2n) is 7.55. The first-order valence-corrected chi connectivity index (χ1v) is 9.39. The van der Waals surface area contributed by atoms with Gasteiger partial charge in [0.15, 0.2) is 6.29 Å². The van der Waals surface area contributed by atoms with E-state index < -0.39 is 6.29 Å². The summed E-state index contributed by atoms with van der Waals surface area (Å²) in [5.41, 5.74) is 0. The monoisotopic (exact) mass is 362 g/mol. The molecule has 1 rings (SSSR count). The number of rotatable bonds is 11. The van der Waals surface area contributed by atoms with Crippen molar-refractivity contribution in [1.82, 2.24) is 0 Å². The molecular weight excluding hydrogens is 324 g/mol. The van der Waals surface area contributed by atoms with Crippen LogP contribution in [0, 0.1) is 5.92 Å². The van der Waals surface area contributed by atoms with Crippen molar-refractivity contribution in [2.75, 3.05) is 27.4 Å². The Morgan fingerprint density at radius 1 is 0.840 bits per heavy atom. The van der Waals surface area contributed by atoms with E-state index in [1.54, 1.807) is 14.2 Å². The average molecular weight is 363 g/mol. The molecule has 0 amide bonds. The van der Waals surface area contributed by atoms with Gasteiger partial charge in [0.25, 0.3) is 0 Å². The molecule has 0 aliphatic carbocycles. The summed E-state index contributed by atoms with van der Waals surface area (Å²) in [5, 5.41) is 0. The Hall–Kier alpha value is -0.240. The van der Waals surface area contributed by atoms with Gasteiger partial charge in [-0.1, -0.05) is 13.8 Å². The summed E-state index contributed by atoms with van der Waals surface area (Å²) in [7, 11) is 3.32. The van der Waals surface area contributed by atoms with Gasteiger partial charge in [0, 0.05) is 14.2 Å². The van der Waals surface area contributed by atoms with Crippen molar-refractivity contribution in [3.63, 3.8) is 0 Å². The summed E-state index contributed by atoms with van der Waals surface area (Å²) in [6.07, 6.45) is -0.645. The summed E-state index contributed by atoms with van der Waals surface area (Å²) < 4.78 is 35.5.